The molecular formula is C41H82O4. The Balaban J connectivity index is 3.52. The maximum absolute atomic E-state index is 11.3. The molecule has 270 valence electrons. The summed E-state index contributed by atoms with van der Waals surface area (Å²) in [5, 5.41) is 0. The van der Waals surface area contributed by atoms with Crippen LogP contribution < -0.4 is 0 Å². The first-order chi connectivity index (χ1) is 22.2. The third-order valence-electron chi connectivity index (χ3n) is 9.27. The van der Waals surface area contributed by atoms with Crippen LogP contribution >= 0.6 is 0 Å². The summed E-state index contributed by atoms with van der Waals surface area (Å²) in [6, 6.07) is 0. The molecule has 0 aromatic carbocycles. The van der Waals surface area contributed by atoms with Gasteiger partial charge in [0.1, 0.15) is 12.7 Å². The van der Waals surface area contributed by atoms with Crippen molar-refractivity contribution in [2.75, 3.05) is 26.4 Å². The first kappa shape index (κ1) is 44.4. The number of ether oxygens (including phenoxy) is 3. The number of rotatable bonds is 39. The highest BCUT2D eigenvalue weighted by molar-refractivity contribution is 5.65. The van der Waals surface area contributed by atoms with Gasteiger partial charge in [-0.25, -0.2) is 0 Å². The zero-order valence-electron chi connectivity index (χ0n) is 31.2. The summed E-state index contributed by atoms with van der Waals surface area (Å²) in [5.74, 6) is -0.246. The molecular weight excluding hydrogens is 556 g/mol. The van der Waals surface area contributed by atoms with E-state index in [2.05, 4.69) is 13.8 Å². The predicted molar refractivity (Wildman–Crippen MR) is 196 cm³/mol. The van der Waals surface area contributed by atoms with Gasteiger partial charge in [-0.15, -0.1) is 0 Å². The molecule has 45 heavy (non-hydrogen) atoms. The van der Waals surface area contributed by atoms with Gasteiger partial charge in [0.25, 0.3) is 0 Å². The van der Waals surface area contributed by atoms with Crippen LogP contribution in [0.2, 0.25) is 0 Å². The summed E-state index contributed by atoms with van der Waals surface area (Å²) < 4.78 is 17.2. The van der Waals surface area contributed by atoms with E-state index in [-0.39, 0.29) is 12.1 Å². The molecule has 0 aliphatic carbocycles. The molecule has 0 saturated carbocycles. The van der Waals surface area contributed by atoms with Crippen LogP contribution in [-0.2, 0) is 19.0 Å². The highest BCUT2D eigenvalue weighted by Gasteiger charge is 2.11. The van der Waals surface area contributed by atoms with Crippen molar-refractivity contribution in [3.05, 3.63) is 0 Å². The first-order valence-corrected chi connectivity index (χ1v) is 20.5. The van der Waals surface area contributed by atoms with Crippen LogP contribution in [0, 0.1) is 0 Å². The van der Waals surface area contributed by atoms with Crippen molar-refractivity contribution in [3.63, 3.8) is 0 Å². The van der Waals surface area contributed by atoms with E-state index in [9.17, 15) is 4.79 Å². The van der Waals surface area contributed by atoms with E-state index >= 15 is 0 Å². The fourth-order valence-corrected chi connectivity index (χ4v) is 6.22. The lowest BCUT2D eigenvalue weighted by Crippen LogP contribution is -2.27. The lowest BCUT2D eigenvalue weighted by atomic mass is 10.0. The van der Waals surface area contributed by atoms with Crippen molar-refractivity contribution in [2.24, 2.45) is 0 Å². The average Bonchev–Trinajstić information content (AvgIpc) is 3.04. The van der Waals surface area contributed by atoms with Gasteiger partial charge < -0.3 is 14.2 Å². The fourth-order valence-electron chi connectivity index (χ4n) is 6.22. The lowest BCUT2D eigenvalue weighted by molar-refractivity contribution is -0.147. The van der Waals surface area contributed by atoms with Gasteiger partial charge in [0.15, 0.2) is 0 Å². The largest absolute Gasteiger partial charge is 0.463 e. The molecule has 0 spiro atoms. The number of carbonyl (C=O) groups excluding carboxylic acids is 1. The minimum Gasteiger partial charge on any atom is -0.463 e. The molecule has 0 aromatic rings. The van der Waals surface area contributed by atoms with Gasteiger partial charge in [0.05, 0.1) is 6.61 Å². The Labute approximate surface area is 283 Å². The predicted octanol–water partition coefficient (Wildman–Crippen LogP) is 13.5. The molecule has 0 bridgehead atoms. The van der Waals surface area contributed by atoms with Gasteiger partial charge in [0, 0.05) is 20.1 Å². The summed E-state index contributed by atoms with van der Waals surface area (Å²) in [6.07, 6.45) is 43.9. The number of unbranched alkanes of at least 4 members (excludes halogenated alkanes) is 30. The molecule has 0 aliphatic heterocycles. The molecule has 4 heteroatoms. The monoisotopic (exact) mass is 639 g/mol. The van der Waals surface area contributed by atoms with Gasteiger partial charge >= 0.3 is 5.97 Å². The van der Waals surface area contributed by atoms with Gasteiger partial charge in [-0.3, -0.25) is 4.79 Å². The van der Waals surface area contributed by atoms with Crippen LogP contribution in [0.15, 0.2) is 0 Å². The summed E-state index contributed by atoms with van der Waals surface area (Å²) in [6.45, 7) is 8.37. The quantitative estimate of drug-likeness (QED) is 0.0496. The second kappa shape index (κ2) is 39.6. The maximum Gasteiger partial charge on any atom is 0.302 e. The molecule has 0 saturated heterocycles. The zero-order chi connectivity index (χ0) is 32.7. The summed E-state index contributed by atoms with van der Waals surface area (Å²) in [7, 11) is 0. The summed E-state index contributed by atoms with van der Waals surface area (Å²) in [5.41, 5.74) is 0. The van der Waals surface area contributed by atoms with Crippen LogP contribution in [0.1, 0.15) is 226 Å². The average molecular weight is 639 g/mol. The van der Waals surface area contributed by atoms with E-state index < -0.39 is 0 Å². The van der Waals surface area contributed by atoms with E-state index in [1.807, 2.05) is 0 Å². The van der Waals surface area contributed by atoms with Gasteiger partial charge in [-0.2, -0.15) is 0 Å². The van der Waals surface area contributed by atoms with E-state index in [4.69, 9.17) is 14.2 Å². The molecule has 0 aliphatic rings. The van der Waals surface area contributed by atoms with Crippen LogP contribution in [0.25, 0.3) is 0 Å². The molecule has 0 N–H and O–H groups in total. The molecule has 0 unspecified atom stereocenters. The Bertz CT molecular complexity index is 552. The molecule has 4 nitrogen and oxygen atoms in total. The topological polar surface area (TPSA) is 44.8 Å². The third kappa shape index (κ3) is 39.5. The molecule has 0 heterocycles. The highest BCUT2D eigenvalue weighted by atomic mass is 16.6. The van der Waals surface area contributed by atoms with E-state index in [1.54, 1.807) is 0 Å². The second-order valence-corrected chi connectivity index (χ2v) is 14.0. The van der Waals surface area contributed by atoms with E-state index in [1.165, 1.54) is 200 Å². The van der Waals surface area contributed by atoms with E-state index in [0.29, 0.717) is 13.2 Å². The normalized spacial score (nSPS) is 12.2. The Morgan fingerprint density at radius 2 is 0.689 bits per heavy atom. The van der Waals surface area contributed by atoms with Crippen molar-refractivity contribution in [1.82, 2.24) is 0 Å². The molecule has 0 fully saturated rings. The standard InChI is InChI=1S/C41H82O4/c1-4-6-8-10-12-14-16-18-20-22-24-26-28-30-32-34-36-43-38-41(39-45-40(3)42)44-37-35-33-31-29-27-25-23-21-19-17-15-13-11-9-7-5-2/h41H,4-39H2,1-3H3/t41-/m1/s1. The van der Waals surface area contributed by atoms with Crippen molar-refractivity contribution in [1.29, 1.82) is 0 Å². The minimum absolute atomic E-state index is 0.147. The van der Waals surface area contributed by atoms with Crippen LogP contribution in [-0.4, -0.2) is 38.5 Å². The Morgan fingerprint density at radius 3 is 1.00 bits per heavy atom. The number of esters is 1. The number of hydrogen-bond donors (Lipinski definition) is 0. The number of hydrogen-bond acceptors (Lipinski definition) is 4. The Morgan fingerprint density at radius 1 is 0.400 bits per heavy atom. The molecule has 0 amide bonds. The van der Waals surface area contributed by atoms with Crippen LogP contribution in [0.4, 0.5) is 0 Å². The fraction of sp³-hybridized carbons (Fsp3) is 0.976. The highest BCUT2D eigenvalue weighted by Crippen LogP contribution is 2.15. The van der Waals surface area contributed by atoms with Crippen molar-refractivity contribution >= 4 is 5.97 Å². The van der Waals surface area contributed by atoms with Gasteiger partial charge in [0.2, 0.25) is 0 Å². The van der Waals surface area contributed by atoms with Crippen molar-refractivity contribution < 1.29 is 19.0 Å². The number of carbonyl (C=O) groups is 1. The van der Waals surface area contributed by atoms with Crippen LogP contribution in [0.5, 0.6) is 0 Å². The Kier molecular flexibility index (Phi) is 39.0. The first-order valence-electron chi connectivity index (χ1n) is 20.5. The van der Waals surface area contributed by atoms with Crippen molar-refractivity contribution in [2.45, 2.75) is 232 Å². The van der Waals surface area contributed by atoms with Gasteiger partial charge in [-0.1, -0.05) is 206 Å². The molecule has 1 atom stereocenters. The smallest absolute Gasteiger partial charge is 0.302 e. The SMILES string of the molecule is CCCCCCCCCCCCCCCCCCOC[C@H](COC(C)=O)OCCCCCCCCCCCCCCCCCC. The summed E-state index contributed by atoms with van der Waals surface area (Å²) >= 11 is 0. The molecule has 0 radical (unpaired) electrons. The Hall–Kier alpha value is -0.610. The van der Waals surface area contributed by atoms with Crippen molar-refractivity contribution in [3.8, 4) is 0 Å². The van der Waals surface area contributed by atoms with Crippen LogP contribution in [0.3, 0.4) is 0 Å². The lowest BCUT2D eigenvalue weighted by Gasteiger charge is -2.18. The zero-order valence-corrected chi connectivity index (χ0v) is 31.2. The third-order valence-corrected chi connectivity index (χ3v) is 9.27. The molecule has 0 rings (SSSR count). The maximum atomic E-state index is 11.3. The molecule has 0 aromatic heterocycles. The summed E-state index contributed by atoms with van der Waals surface area (Å²) in [4.78, 5) is 11.3. The van der Waals surface area contributed by atoms with Gasteiger partial charge in [-0.05, 0) is 12.8 Å². The van der Waals surface area contributed by atoms with E-state index in [0.717, 1.165) is 26.1 Å². The minimum atomic E-state index is -0.246. The second-order valence-electron chi connectivity index (χ2n) is 14.0.